The Labute approximate surface area is 168 Å². The summed E-state index contributed by atoms with van der Waals surface area (Å²) in [5, 5.41) is 0. The first kappa shape index (κ1) is 19.3. The van der Waals surface area contributed by atoms with E-state index in [4.69, 9.17) is 4.74 Å². The van der Waals surface area contributed by atoms with Crippen LogP contribution in [0.4, 0.5) is 4.79 Å². The highest BCUT2D eigenvalue weighted by Gasteiger charge is 2.54. The van der Waals surface area contributed by atoms with Crippen LogP contribution < -0.4 is 0 Å². The van der Waals surface area contributed by atoms with E-state index in [1.165, 1.54) is 0 Å². The molecule has 0 aromatic carbocycles. The molecule has 1 spiro atoms. The molecule has 0 N–H and O–H groups in total. The SMILES string of the molecule is Cc1cncc(-n2c(C)cc(C(=O)CN3C(=O)OC4(CCCCC4)C3=O)c2C)n1. The van der Waals surface area contributed by atoms with Gasteiger partial charge in [0.05, 0.1) is 18.4 Å². The van der Waals surface area contributed by atoms with Gasteiger partial charge in [0.25, 0.3) is 5.91 Å². The van der Waals surface area contributed by atoms with E-state index in [1.807, 2.05) is 25.3 Å². The maximum Gasteiger partial charge on any atom is 0.418 e. The zero-order chi connectivity index (χ0) is 20.8. The van der Waals surface area contributed by atoms with Crippen molar-refractivity contribution in [1.29, 1.82) is 0 Å². The summed E-state index contributed by atoms with van der Waals surface area (Å²) in [6.07, 6.45) is 6.36. The molecule has 2 aliphatic rings. The minimum absolute atomic E-state index is 0.303. The molecular formula is C21H24N4O4. The van der Waals surface area contributed by atoms with Gasteiger partial charge in [-0.3, -0.25) is 14.6 Å². The monoisotopic (exact) mass is 396 g/mol. The van der Waals surface area contributed by atoms with Crippen LogP contribution in [0.2, 0.25) is 0 Å². The van der Waals surface area contributed by atoms with Crippen LogP contribution in [0.5, 0.6) is 0 Å². The number of nitrogens with zero attached hydrogens (tertiary/aromatic N) is 4. The van der Waals surface area contributed by atoms with Crippen LogP contribution in [-0.4, -0.2) is 49.4 Å². The Morgan fingerprint density at radius 2 is 1.86 bits per heavy atom. The number of amides is 2. The zero-order valence-corrected chi connectivity index (χ0v) is 16.9. The van der Waals surface area contributed by atoms with Crippen molar-refractivity contribution in [3.05, 3.63) is 41.1 Å². The van der Waals surface area contributed by atoms with Gasteiger partial charge in [0.2, 0.25) is 0 Å². The van der Waals surface area contributed by atoms with Gasteiger partial charge in [-0.2, -0.15) is 0 Å². The second kappa shape index (κ2) is 7.09. The van der Waals surface area contributed by atoms with Crippen molar-refractivity contribution in [3.63, 3.8) is 0 Å². The Morgan fingerprint density at radius 1 is 1.14 bits per heavy atom. The number of carbonyl (C=O) groups is 3. The Kier molecular flexibility index (Phi) is 4.72. The molecule has 2 aromatic heterocycles. The van der Waals surface area contributed by atoms with E-state index in [-0.39, 0.29) is 18.2 Å². The second-order valence-electron chi connectivity index (χ2n) is 7.88. The topological polar surface area (TPSA) is 94.4 Å². The lowest BCUT2D eigenvalue weighted by Crippen LogP contribution is -2.44. The van der Waals surface area contributed by atoms with Crippen LogP contribution in [0.25, 0.3) is 5.82 Å². The van der Waals surface area contributed by atoms with Crippen LogP contribution >= 0.6 is 0 Å². The number of ketones is 1. The van der Waals surface area contributed by atoms with Gasteiger partial charge in [0.15, 0.2) is 17.2 Å². The maximum atomic E-state index is 13.0. The van der Waals surface area contributed by atoms with E-state index in [2.05, 4.69) is 9.97 Å². The third-order valence-electron chi connectivity index (χ3n) is 5.80. The number of Topliss-reactive ketones (excluding diaryl/α,β-unsaturated/α-hetero) is 1. The summed E-state index contributed by atoms with van der Waals surface area (Å²) >= 11 is 0. The molecule has 1 saturated carbocycles. The van der Waals surface area contributed by atoms with E-state index < -0.39 is 11.7 Å². The molecule has 2 fully saturated rings. The first-order chi connectivity index (χ1) is 13.8. The number of hydrogen-bond acceptors (Lipinski definition) is 6. The Balaban J connectivity index is 1.59. The molecule has 0 atom stereocenters. The Bertz CT molecular complexity index is 1000. The number of rotatable bonds is 4. The number of hydrogen-bond donors (Lipinski definition) is 0. The van der Waals surface area contributed by atoms with E-state index in [0.717, 1.165) is 35.6 Å². The van der Waals surface area contributed by atoms with Gasteiger partial charge in [-0.05, 0) is 52.5 Å². The normalized spacial score (nSPS) is 18.4. The lowest BCUT2D eigenvalue weighted by molar-refractivity contribution is -0.139. The molecule has 152 valence electrons. The predicted molar refractivity (Wildman–Crippen MR) is 104 cm³/mol. The van der Waals surface area contributed by atoms with Crippen molar-refractivity contribution in [2.75, 3.05) is 6.54 Å². The van der Waals surface area contributed by atoms with Crippen LogP contribution in [0, 0.1) is 20.8 Å². The second-order valence-corrected chi connectivity index (χ2v) is 7.88. The van der Waals surface area contributed by atoms with Crippen molar-refractivity contribution in [1.82, 2.24) is 19.4 Å². The fourth-order valence-electron chi connectivity index (χ4n) is 4.35. The highest BCUT2D eigenvalue weighted by Crippen LogP contribution is 2.38. The summed E-state index contributed by atoms with van der Waals surface area (Å²) in [5.74, 6) is -0.0612. The smallest absolute Gasteiger partial charge is 0.418 e. The average Bonchev–Trinajstić information content (AvgIpc) is 3.10. The van der Waals surface area contributed by atoms with Crippen molar-refractivity contribution < 1.29 is 19.1 Å². The summed E-state index contributed by atoms with van der Waals surface area (Å²) in [6, 6.07) is 1.75. The molecule has 0 radical (unpaired) electrons. The number of ether oxygens (including phenoxy) is 1. The molecule has 2 aromatic rings. The molecule has 1 aliphatic heterocycles. The van der Waals surface area contributed by atoms with Crippen molar-refractivity contribution >= 4 is 17.8 Å². The fourth-order valence-corrected chi connectivity index (χ4v) is 4.35. The molecule has 2 amide bonds. The van der Waals surface area contributed by atoms with Gasteiger partial charge >= 0.3 is 6.09 Å². The number of imide groups is 1. The van der Waals surface area contributed by atoms with Gasteiger partial charge in [0.1, 0.15) is 0 Å². The molecule has 0 bridgehead atoms. The van der Waals surface area contributed by atoms with E-state index in [0.29, 0.717) is 29.9 Å². The van der Waals surface area contributed by atoms with Crippen LogP contribution in [-0.2, 0) is 9.53 Å². The third kappa shape index (κ3) is 3.22. The molecule has 1 saturated heterocycles. The van der Waals surface area contributed by atoms with E-state index >= 15 is 0 Å². The minimum atomic E-state index is -1.07. The average molecular weight is 396 g/mol. The zero-order valence-electron chi connectivity index (χ0n) is 16.9. The summed E-state index contributed by atoms with van der Waals surface area (Å²) in [4.78, 5) is 47.8. The van der Waals surface area contributed by atoms with Crippen molar-refractivity contribution in [3.8, 4) is 5.82 Å². The molecule has 8 nitrogen and oxygen atoms in total. The third-order valence-corrected chi connectivity index (χ3v) is 5.80. The molecule has 4 rings (SSSR count). The molecule has 0 unspecified atom stereocenters. The van der Waals surface area contributed by atoms with Crippen LogP contribution in [0.15, 0.2) is 18.5 Å². The Morgan fingerprint density at radius 3 is 2.55 bits per heavy atom. The summed E-state index contributed by atoms with van der Waals surface area (Å²) in [7, 11) is 0. The van der Waals surface area contributed by atoms with Gasteiger partial charge in [0, 0.05) is 23.1 Å². The maximum absolute atomic E-state index is 13.0. The number of aromatic nitrogens is 3. The van der Waals surface area contributed by atoms with E-state index in [1.54, 1.807) is 18.5 Å². The highest BCUT2D eigenvalue weighted by atomic mass is 16.6. The quantitative estimate of drug-likeness (QED) is 0.737. The van der Waals surface area contributed by atoms with Gasteiger partial charge < -0.3 is 9.30 Å². The molecular weight excluding hydrogens is 372 g/mol. The lowest BCUT2D eigenvalue weighted by Gasteiger charge is -2.28. The van der Waals surface area contributed by atoms with Crippen LogP contribution in [0.3, 0.4) is 0 Å². The molecule has 29 heavy (non-hydrogen) atoms. The van der Waals surface area contributed by atoms with Crippen molar-refractivity contribution in [2.24, 2.45) is 0 Å². The van der Waals surface area contributed by atoms with Gasteiger partial charge in [-0.25, -0.2) is 14.7 Å². The van der Waals surface area contributed by atoms with Gasteiger partial charge in [-0.15, -0.1) is 0 Å². The molecule has 3 heterocycles. The summed E-state index contributed by atoms with van der Waals surface area (Å²) in [6.45, 7) is 5.22. The van der Waals surface area contributed by atoms with Crippen molar-refractivity contribution in [2.45, 2.75) is 58.5 Å². The predicted octanol–water partition coefficient (Wildman–Crippen LogP) is 3.06. The number of carbonyl (C=O) groups excluding carboxylic acids is 3. The first-order valence-electron chi connectivity index (χ1n) is 9.88. The summed E-state index contributed by atoms with van der Waals surface area (Å²) in [5.41, 5.74) is 1.68. The lowest BCUT2D eigenvalue weighted by atomic mass is 9.84. The van der Waals surface area contributed by atoms with Crippen LogP contribution in [0.1, 0.15) is 59.5 Å². The standard InChI is InChI=1S/C21H24N4O4/c1-13-10-22-11-18(23-13)25-14(2)9-16(15(25)3)17(26)12-24-19(27)21(29-20(24)28)7-5-4-6-8-21/h9-11H,4-8,12H2,1-3H3. The molecule has 8 heteroatoms. The van der Waals surface area contributed by atoms with Gasteiger partial charge in [-0.1, -0.05) is 6.42 Å². The summed E-state index contributed by atoms with van der Waals surface area (Å²) < 4.78 is 7.30. The minimum Gasteiger partial charge on any atom is -0.432 e. The molecule has 1 aliphatic carbocycles. The largest absolute Gasteiger partial charge is 0.432 e. The Hall–Kier alpha value is -3.03. The van der Waals surface area contributed by atoms with E-state index in [9.17, 15) is 14.4 Å². The fraction of sp³-hybridized carbons (Fsp3) is 0.476. The first-order valence-corrected chi connectivity index (χ1v) is 9.88. The number of aryl methyl sites for hydroxylation is 2. The highest BCUT2D eigenvalue weighted by molar-refractivity contribution is 6.08.